The molecule has 0 saturated carbocycles. The molecule has 1 radical (unpaired) electrons. The van der Waals surface area contributed by atoms with Crippen molar-refractivity contribution in [2.75, 3.05) is 6.61 Å². The summed E-state index contributed by atoms with van der Waals surface area (Å²) in [5.74, 6) is -2.32. The van der Waals surface area contributed by atoms with Crippen LogP contribution < -0.4 is 0 Å². The van der Waals surface area contributed by atoms with E-state index in [4.69, 9.17) is 15.3 Å². The summed E-state index contributed by atoms with van der Waals surface area (Å²) in [5, 5.41) is 26.0. The van der Waals surface area contributed by atoms with Crippen LogP contribution in [0, 0.1) is 6.42 Å². The van der Waals surface area contributed by atoms with Crippen LogP contribution in [-0.2, 0) is 9.53 Å². The van der Waals surface area contributed by atoms with E-state index in [1.54, 1.807) is 0 Å². The average molecular weight is 159 g/mol. The van der Waals surface area contributed by atoms with Gasteiger partial charge in [0.25, 0.3) is 0 Å². The third kappa shape index (κ3) is 1.27. The van der Waals surface area contributed by atoms with Gasteiger partial charge < -0.3 is 20.1 Å². The van der Waals surface area contributed by atoms with Crippen molar-refractivity contribution in [3.05, 3.63) is 17.9 Å². The Morgan fingerprint density at radius 1 is 1.55 bits per heavy atom. The van der Waals surface area contributed by atoms with Crippen LogP contribution in [0.4, 0.5) is 0 Å². The zero-order chi connectivity index (χ0) is 8.43. The minimum Gasteiger partial charge on any atom is -0.505 e. The van der Waals surface area contributed by atoms with Crippen molar-refractivity contribution in [3.63, 3.8) is 0 Å². The maximum atomic E-state index is 10.5. The Morgan fingerprint density at radius 3 is 2.55 bits per heavy atom. The molecule has 0 aliphatic carbocycles. The first-order chi connectivity index (χ1) is 5.16. The predicted octanol–water partition coefficient (Wildman–Crippen LogP) is -0.564. The zero-order valence-corrected chi connectivity index (χ0v) is 5.52. The highest BCUT2D eigenvalue weighted by Gasteiger charge is 2.33. The first kappa shape index (κ1) is 7.87. The molecule has 0 aromatic heterocycles. The molecule has 5 heteroatoms. The second-order valence-corrected chi connectivity index (χ2v) is 1.98. The topological polar surface area (TPSA) is 87.0 Å². The fourth-order valence-corrected chi connectivity index (χ4v) is 0.722. The second-order valence-electron chi connectivity index (χ2n) is 1.98. The number of rotatable bonds is 2. The molecule has 1 aliphatic rings. The largest absolute Gasteiger partial charge is 0.505 e. The van der Waals surface area contributed by atoms with E-state index in [9.17, 15) is 4.79 Å². The van der Waals surface area contributed by atoms with Crippen molar-refractivity contribution in [1.29, 1.82) is 0 Å². The van der Waals surface area contributed by atoms with E-state index < -0.39 is 23.6 Å². The molecule has 1 heterocycles. The van der Waals surface area contributed by atoms with Gasteiger partial charge in [-0.1, -0.05) is 0 Å². The Balaban J connectivity index is 2.69. The number of ether oxygens (including phenoxy) is 1. The number of hydrogen-bond acceptors (Lipinski definition) is 5. The third-order valence-electron chi connectivity index (χ3n) is 1.26. The quantitative estimate of drug-likeness (QED) is 0.470. The molecule has 0 fully saturated rings. The SMILES string of the molecule is O=C1O[C@H]([CH]CO)C(O)=C1O. The Bertz CT molecular complexity index is 207. The lowest BCUT2D eigenvalue weighted by Gasteiger charge is -2.05. The first-order valence-electron chi connectivity index (χ1n) is 2.94. The molecule has 0 aromatic rings. The lowest BCUT2D eigenvalue weighted by Crippen LogP contribution is -2.14. The van der Waals surface area contributed by atoms with Gasteiger partial charge in [-0.25, -0.2) is 4.79 Å². The maximum Gasteiger partial charge on any atom is 0.377 e. The highest BCUT2D eigenvalue weighted by atomic mass is 16.6. The molecule has 0 spiro atoms. The summed E-state index contributed by atoms with van der Waals surface area (Å²) in [6, 6.07) is 0. The monoisotopic (exact) mass is 159 g/mol. The van der Waals surface area contributed by atoms with Gasteiger partial charge in [-0.15, -0.1) is 0 Å². The molecule has 1 aliphatic heterocycles. The lowest BCUT2D eigenvalue weighted by molar-refractivity contribution is -0.141. The third-order valence-corrected chi connectivity index (χ3v) is 1.26. The van der Waals surface area contributed by atoms with Crippen LogP contribution in [0.2, 0.25) is 0 Å². The van der Waals surface area contributed by atoms with Gasteiger partial charge in [0.2, 0.25) is 5.76 Å². The smallest absolute Gasteiger partial charge is 0.377 e. The first-order valence-corrected chi connectivity index (χ1v) is 2.94. The van der Waals surface area contributed by atoms with E-state index in [-0.39, 0.29) is 6.61 Å². The van der Waals surface area contributed by atoms with Gasteiger partial charge in [-0.3, -0.25) is 0 Å². The van der Waals surface area contributed by atoms with Gasteiger partial charge in [0.15, 0.2) is 11.9 Å². The predicted molar refractivity (Wildman–Crippen MR) is 33.5 cm³/mol. The van der Waals surface area contributed by atoms with E-state index in [0.717, 1.165) is 6.42 Å². The van der Waals surface area contributed by atoms with Crippen LogP contribution in [0.1, 0.15) is 0 Å². The molecule has 0 aromatic carbocycles. The summed E-state index contributed by atoms with van der Waals surface area (Å²) in [5.41, 5.74) is 0. The molecule has 11 heavy (non-hydrogen) atoms. The second kappa shape index (κ2) is 2.79. The molecule has 1 atom stereocenters. The van der Waals surface area contributed by atoms with Gasteiger partial charge in [-0.2, -0.15) is 0 Å². The van der Waals surface area contributed by atoms with E-state index >= 15 is 0 Å². The Kier molecular flexibility index (Phi) is 2.00. The van der Waals surface area contributed by atoms with Crippen molar-refractivity contribution >= 4 is 5.97 Å². The number of esters is 1. The maximum absolute atomic E-state index is 10.5. The van der Waals surface area contributed by atoms with Crippen LogP contribution in [0.5, 0.6) is 0 Å². The van der Waals surface area contributed by atoms with Crippen LogP contribution in [-0.4, -0.2) is 34.0 Å². The van der Waals surface area contributed by atoms with Gasteiger partial charge in [0.05, 0.1) is 6.61 Å². The number of carbonyl (C=O) groups excluding carboxylic acids is 1. The number of carbonyl (C=O) groups is 1. The van der Waals surface area contributed by atoms with E-state index in [1.807, 2.05) is 0 Å². The van der Waals surface area contributed by atoms with E-state index in [0.29, 0.717) is 0 Å². The Hall–Kier alpha value is -1.23. The van der Waals surface area contributed by atoms with Crippen LogP contribution >= 0.6 is 0 Å². The summed E-state index contributed by atoms with van der Waals surface area (Å²) in [4.78, 5) is 10.5. The highest BCUT2D eigenvalue weighted by Crippen LogP contribution is 2.19. The lowest BCUT2D eigenvalue weighted by atomic mass is 10.2. The number of aliphatic hydroxyl groups excluding tert-OH is 3. The fourth-order valence-electron chi connectivity index (χ4n) is 0.722. The van der Waals surface area contributed by atoms with E-state index in [2.05, 4.69) is 4.74 Å². The normalized spacial score (nSPS) is 24.1. The van der Waals surface area contributed by atoms with E-state index in [1.165, 1.54) is 0 Å². The molecule has 0 amide bonds. The summed E-state index contributed by atoms with van der Waals surface area (Å²) < 4.78 is 4.40. The molecule has 3 N–H and O–H groups in total. The van der Waals surface area contributed by atoms with Crippen molar-refractivity contribution in [2.45, 2.75) is 6.10 Å². The van der Waals surface area contributed by atoms with Gasteiger partial charge in [-0.05, 0) is 0 Å². The minimum atomic E-state index is -1.01. The molecule has 1 rings (SSSR count). The van der Waals surface area contributed by atoms with Crippen LogP contribution in [0.15, 0.2) is 11.5 Å². The molecular formula is C6H7O5. The highest BCUT2D eigenvalue weighted by molar-refractivity contribution is 5.89. The number of aliphatic hydroxyl groups is 3. The van der Waals surface area contributed by atoms with Gasteiger partial charge >= 0.3 is 5.97 Å². The molecule has 61 valence electrons. The Morgan fingerprint density at radius 2 is 2.18 bits per heavy atom. The molecule has 0 bridgehead atoms. The minimum absolute atomic E-state index is 0.338. The van der Waals surface area contributed by atoms with Gasteiger partial charge in [0, 0.05) is 6.42 Å². The zero-order valence-electron chi connectivity index (χ0n) is 5.52. The van der Waals surface area contributed by atoms with Crippen molar-refractivity contribution in [2.24, 2.45) is 0 Å². The van der Waals surface area contributed by atoms with Gasteiger partial charge in [0.1, 0.15) is 0 Å². The standard InChI is InChI=1S/C6H7O5/c7-2-1-3-4(8)5(9)6(10)11-3/h1,3,7-9H,2H2/t3-/m1/s1. The molecule has 0 unspecified atom stereocenters. The van der Waals surface area contributed by atoms with Crippen molar-refractivity contribution in [3.8, 4) is 0 Å². The van der Waals surface area contributed by atoms with Crippen molar-refractivity contribution < 1.29 is 24.9 Å². The summed E-state index contributed by atoms with van der Waals surface area (Å²) in [7, 11) is 0. The fraction of sp³-hybridized carbons (Fsp3) is 0.333. The van der Waals surface area contributed by atoms with Crippen LogP contribution in [0.3, 0.4) is 0 Å². The summed E-state index contributed by atoms with van der Waals surface area (Å²) in [6.45, 7) is -0.338. The average Bonchev–Trinajstić information content (AvgIpc) is 2.19. The Labute approximate surface area is 62.5 Å². The molecule has 0 saturated heterocycles. The molecular weight excluding hydrogens is 152 g/mol. The number of cyclic esters (lactones) is 1. The van der Waals surface area contributed by atoms with Crippen LogP contribution in [0.25, 0.3) is 0 Å². The summed E-state index contributed by atoms with van der Waals surface area (Å²) >= 11 is 0. The summed E-state index contributed by atoms with van der Waals surface area (Å²) in [6.07, 6.45) is 0.142. The number of hydrogen-bond donors (Lipinski definition) is 3. The van der Waals surface area contributed by atoms with Crippen molar-refractivity contribution in [1.82, 2.24) is 0 Å². The molecule has 5 nitrogen and oxygen atoms in total.